The maximum Gasteiger partial charge on any atom is 0.249 e. The van der Waals surface area contributed by atoms with Crippen molar-refractivity contribution in [3.63, 3.8) is 0 Å². The molecule has 0 bridgehead atoms. The zero-order valence-corrected chi connectivity index (χ0v) is 11.5. The van der Waals surface area contributed by atoms with Crippen LogP contribution in [0.3, 0.4) is 0 Å². The highest BCUT2D eigenvalue weighted by atomic mass is 32.2. The van der Waals surface area contributed by atoms with Crippen LogP contribution in [0.1, 0.15) is 12.5 Å². The van der Waals surface area contributed by atoms with Crippen molar-refractivity contribution < 1.29 is 17.2 Å². The number of sulfonamides is 1. The molecule has 1 aliphatic rings. The van der Waals surface area contributed by atoms with Crippen LogP contribution in [0, 0.1) is 23.0 Å². The van der Waals surface area contributed by atoms with Gasteiger partial charge in [-0.25, -0.2) is 17.2 Å². The molecule has 1 heterocycles. The number of piperazine rings is 1. The second-order valence-corrected chi connectivity index (χ2v) is 6.47. The Morgan fingerprint density at radius 2 is 2.00 bits per heavy atom. The minimum absolute atomic E-state index is 0.0944. The average molecular weight is 301 g/mol. The number of halogens is 2. The lowest BCUT2D eigenvalue weighted by molar-refractivity contribution is 0.307. The molecule has 1 saturated heterocycles. The van der Waals surface area contributed by atoms with Crippen LogP contribution in [0.5, 0.6) is 0 Å². The van der Waals surface area contributed by atoms with Gasteiger partial charge in [0.1, 0.15) is 11.6 Å². The van der Waals surface area contributed by atoms with Gasteiger partial charge < -0.3 is 5.32 Å². The molecule has 5 nitrogen and oxygen atoms in total. The van der Waals surface area contributed by atoms with E-state index in [9.17, 15) is 17.2 Å². The third-order valence-electron chi connectivity index (χ3n) is 3.06. The van der Waals surface area contributed by atoms with Gasteiger partial charge in [0.05, 0.1) is 11.6 Å². The van der Waals surface area contributed by atoms with Gasteiger partial charge >= 0.3 is 0 Å². The van der Waals surface area contributed by atoms with E-state index < -0.39 is 26.6 Å². The minimum atomic E-state index is -4.25. The standard InChI is InChI=1S/C12H13F2N3O2S/c1-8-7-17(3-2-16-8)20(18,19)12-10(13)4-9(6-15)5-11(12)14/h4-5,8,16H,2-3,7H2,1H3/t8-/m0/s1. The summed E-state index contributed by atoms with van der Waals surface area (Å²) in [6.45, 7) is 2.49. The van der Waals surface area contributed by atoms with Crippen LogP contribution < -0.4 is 5.32 Å². The third-order valence-corrected chi connectivity index (χ3v) is 4.97. The number of nitrogens with one attached hydrogen (secondary N) is 1. The molecule has 1 N–H and O–H groups in total. The monoisotopic (exact) mass is 301 g/mol. The highest BCUT2D eigenvalue weighted by Gasteiger charge is 2.33. The first-order chi connectivity index (χ1) is 9.36. The fourth-order valence-electron chi connectivity index (χ4n) is 2.12. The lowest BCUT2D eigenvalue weighted by Crippen LogP contribution is -2.51. The highest BCUT2D eigenvalue weighted by molar-refractivity contribution is 7.89. The van der Waals surface area contributed by atoms with E-state index in [2.05, 4.69) is 5.32 Å². The molecule has 0 aromatic heterocycles. The Balaban J connectivity index is 2.47. The summed E-state index contributed by atoms with van der Waals surface area (Å²) in [4.78, 5) is -0.995. The van der Waals surface area contributed by atoms with E-state index >= 15 is 0 Å². The van der Waals surface area contributed by atoms with Crippen LogP contribution in [0.25, 0.3) is 0 Å². The molecule has 0 saturated carbocycles. The van der Waals surface area contributed by atoms with Crippen LogP contribution in [-0.4, -0.2) is 38.4 Å². The quantitative estimate of drug-likeness (QED) is 0.877. The fraction of sp³-hybridized carbons (Fsp3) is 0.417. The van der Waals surface area contributed by atoms with Crippen LogP contribution >= 0.6 is 0 Å². The Morgan fingerprint density at radius 3 is 2.50 bits per heavy atom. The van der Waals surface area contributed by atoms with Crippen molar-refractivity contribution in [1.29, 1.82) is 5.26 Å². The molecule has 0 spiro atoms. The van der Waals surface area contributed by atoms with Gasteiger partial charge in [-0.05, 0) is 19.1 Å². The van der Waals surface area contributed by atoms with Crippen LogP contribution in [0.15, 0.2) is 17.0 Å². The molecule has 1 atom stereocenters. The van der Waals surface area contributed by atoms with Gasteiger partial charge in [0.25, 0.3) is 0 Å². The van der Waals surface area contributed by atoms with Crippen molar-refractivity contribution in [2.75, 3.05) is 19.6 Å². The van der Waals surface area contributed by atoms with E-state index in [0.717, 1.165) is 16.4 Å². The Hall–Kier alpha value is -1.56. The first kappa shape index (κ1) is 14.8. The summed E-state index contributed by atoms with van der Waals surface area (Å²) in [5, 5.41) is 11.7. The Bertz CT molecular complexity index is 647. The molecule has 0 radical (unpaired) electrons. The van der Waals surface area contributed by atoms with E-state index in [0.29, 0.717) is 6.54 Å². The molecule has 0 aliphatic carbocycles. The highest BCUT2D eigenvalue weighted by Crippen LogP contribution is 2.24. The summed E-state index contributed by atoms with van der Waals surface area (Å²) in [7, 11) is -4.25. The van der Waals surface area contributed by atoms with E-state index in [1.807, 2.05) is 0 Å². The Kier molecular flexibility index (Phi) is 4.04. The van der Waals surface area contributed by atoms with Gasteiger partial charge in [-0.2, -0.15) is 9.57 Å². The summed E-state index contributed by atoms with van der Waals surface area (Å²) in [5.74, 6) is -2.49. The predicted molar refractivity (Wildman–Crippen MR) is 67.3 cm³/mol. The zero-order chi connectivity index (χ0) is 14.9. The average Bonchev–Trinajstić information content (AvgIpc) is 2.37. The first-order valence-electron chi connectivity index (χ1n) is 5.99. The van der Waals surface area contributed by atoms with Gasteiger partial charge in [-0.3, -0.25) is 0 Å². The molecule has 1 fully saturated rings. The lowest BCUT2D eigenvalue weighted by Gasteiger charge is -2.31. The van der Waals surface area contributed by atoms with Gasteiger partial charge in [0, 0.05) is 25.7 Å². The van der Waals surface area contributed by atoms with Gasteiger partial charge in [-0.15, -0.1) is 0 Å². The molecular formula is C12H13F2N3O2S. The molecule has 1 aliphatic heterocycles. The molecule has 0 amide bonds. The minimum Gasteiger partial charge on any atom is -0.312 e. The van der Waals surface area contributed by atoms with Crippen LogP contribution in [-0.2, 0) is 10.0 Å². The van der Waals surface area contributed by atoms with Gasteiger partial charge in [0.15, 0.2) is 4.90 Å². The molecular weight excluding hydrogens is 288 g/mol. The van der Waals surface area contributed by atoms with E-state index in [4.69, 9.17) is 5.26 Å². The summed E-state index contributed by atoms with van der Waals surface area (Å²) in [6.07, 6.45) is 0. The molecule has 0 unspecified atom stereocenters. The van der Waals surface area contributed by atoms with Gasteiger partial charge in [-0.1, -0.05) is 0 Å². The maximum absolute atomic E-state index is 13.8. The zero-order valence-electron chi connectivity index (χ0n) is 10.7. The van der Waals surface area contributed by atoms with Crippen molar-refractivity contribution in [1.82, 2.24) is 9.62 Å². The van der Waals surface area contributed by atoms with Gasteiger partial charge in [0.2, 0.25) is 10.0 Å². The number of nitriles is 1. The van der Waals surface area contributed by atoms with Crippen LogP contribution in [0.2, 0.25) is 0 Å². The molecule has 20 heavy (non-hydrogen) atoms. The molecule has 2 rings (SSSR count). The van der Waals surface area contributed by atoms with E-state index in [1.54, 1.807) is 13.0 Å². The fourth-order valence-corrected chi connectivity index (χ4v) is 3.74. The Morgan fingerprint density at radius 1 is 1.40 bits per heavy atom. The van der Waals surface area contributed by atoms with E-state index in [1.165, 1.54) is 0 Å². The largest absolute Gasteiger partial charge is 0.312 e. The molecule has 8 heteroatoms. The summed E-state index contributed by atoms with van der Waals surface area (Å²) in [5.41, 5.74) is -0.257. The molecule has 1 aromatic rings. The number of hydrogen-bond donors (Lipinski definition) is 1. The predicted octanol–water partition coefficient (Wildman–Crippen LogP) is 0.819. The van der Waals surface area contributed by atoms with Crippen molar-refractivity contribution in [2.24, 2.45) is 0 Å². The summed E-state index contributed by atoms with van der Waals surface area (Å²) in [6, 6.07) is 2.93. The molecule has 108 valence electrons. The van der Waals surface area contributed by atoms with Crippen molar-refractivity contribution in [3.05, 3.63) is 29.3 Å². The number of nitrogens with zero attached hydrogens (tertiary/aromatic N) is 2. The first-order valence-corrected chi connectivity index (χ1v) is 7.43. The normalized spacial score (nSPS) is 20.6. The van der Waals surface area contributed by atoms with Crippen molar-refractivity contribution in [2.45, 2.75) is 17.9 Å². The van der Waals surface area contributed by atoms with Crippen molar-refractivity contribution >= 4 is 10.0 Å². The third kappa shape index (κ3) is 2.65. The lowest BCUT2D eigenvalue weighted by atomic mass is 10.2. The SMILES string of the molecule is C[C@H]1CN(S(=O)(=O)c2c(F)cc(C#N)cc2F)CCN1. The van der Waals surface area contributed by atoms with Crippen molar-refractivity contribution in [3.8, 4) is 6.07 Å². The second-order valence-electron chi connectivity index (χ2n) is 4.60. The smallest absolute Gasteiger partial charge is 0.249 e. The maximum atomic E-state index is 13.8. The number of benzene rings is 1. The summed E-state index contributed by atoms with van der Waals surface area (Å²) < 4.78 is 53.3. The van der Waals surface area contributed by atoms with Crippen LogP contribution in [0.4, 0.5) is 8.78 Å². The summed E-state index contributed by atoms with van der Waals surface area (Å²) >= 11 is 0. The van der Waals surface area contributed by atoms with E-state index in [-0.39, 0.29) is 24.7 Å². The Labute approximate surface area is 115 Å². The number of hydrogen-bond acceptors (Lipinski definition) is 4. The second kappa shape index (κ2) is 5.44. The topological polar surface area (TPSA) is 73.2 Å². The number of rotatable bonds is 2. The molecule has 1 aromatic carbocycles.